The van der Waals surface area contributed by atoms with Crippen LogP contribution in [0.15, 0.2) is 30.3 Å². The number of rotatable bonds is 8. The Morgan fingerprint density at radius 1 is 1.26 bits per heavy atom. The lowest BCUT2D eigenvalue weighted by Crippen LogP contribution is -2.32. The van der Waals surface area contributed by atoms with Crippen molar-refractivity contribution in [1.29, 1.82) is 0 Å². The van der Waals surface area contributed by atoms with Gasteiger partial charge in [0.15, 0.2) is 9.84 Å². The standard InChI is InChI=1S/C13H20N2O2S2/c1-2-19(16,17)11-10-15(9-8-13(14)18)12-6-4-3-5-7-12/h3-7H,2,8-11H2,1H3,(H2,14,18). The van der Waals surface area contributed by atoms with Crippen molar-refractivity contribution in [2.24, 2.45) is 5.73 Å². The molecule has 1 aromatic carbocycles. The molecule has 0 fully saturated rings. The highest BCUT2D eigenvalue weighted by atomic mass is 32.2. The maximum Gasteiger partial charge on any atom is 0.151 e. The number of para-hydroxylation sites is 1. The Morgan fingerprint density at radius 3 is 2.42 bits per heavy atom. The first kappa shape index (κ1) is 15.9. The molecule has 0 atom stereocenters. The van der Waals surface area contributed by atoms with E-state index in [0.29, 0.717) is 24.5 Å². The topological polar surface area (TPSA) is 63.4 Å². The highest BCUT2D eigenvalue weighted by molar-refractivity contribution is 7.91. The van der Waals surface area contributed by atoms with Gasteiger partial charge in [0, 0.05) is 31.0 Å². The third kappa shape index (κ3) is 6.02. The van der Waals surface area contributed by atoms with E-state index in [-0.39, 0.29) is 11.5 Å². The molecular weight excluding hydrogens is 280 g/mol. The Hall–Kier alpha value is -1.14. The third-order valence-electron chi connectivity index (χ3n) is 2.86. The van der Waals surface area contributed by atoms with Crippen molar-refractivity contribution in [3.8, 4) is 0 Å². The zero-order valence-corrected chi connectivity index (χ0v) is 12.7. The van der Waals surface area contributed by atoms with Gasteiger partial charge in [-0.1, -0.05) is 37.3 Å². The van der Waals surface area contributed by atoms with Crippen LogP contribution in [-0.4, -0.2) is 38.0 Å². The molecule has 0 spiro atoms. The van der Waals surface area contributed by atoms with Crippen molar-refractivity contribution in [1.82, 2.24) is 0 Å². The lowest BCUT2D eigenvalue weighted by molar-refractivity contribution is 0.595. The Bertz CT molecular complexity index is 501. The summed E-state index contributed by atoms with van der Waals surface area (Å²) in [5.74, 6) is 0.320. The highest BCUT2D eigenvalue weighted by Crippen LogP contribution is 2.13. The van der Waals surface area contributed by atoms with Crippen LogP contribution >= 0.6 is 12.2 Å². The summed E-state index contributed by atoms with van der Waals surface area (Å²) in [6.07, 6.45) is 0.580. The second-order valence-electron chi connectivity index (χ2n) is 4.28. The number of nitrogens with two attached hydrogens (primary N) is 1. The van der Waals surface area contributed by atoms with E-state index in [9.17, 15) is 8.42 Å². The van der Waals surface area contributed by atoms with Crippen LogP contribution in [0.4, 0.5) is 5.69 Å². The molecule has 19 heavy (non-hydrogen) atoms. The molecule has 0 saturated heterocycles. The molecule has 0 radical (unpaired) electrons. The SMILES string of the molecule is CCS(=O)(=O)CCN(CCC(N)=S)c1ccccc1. The van der Waals surface area contributed by atoms with Gasteiger partial charge in [0.1, 0.15) is 0 Å². The van der Waals surface area contributed by atoms with E-state index >= 15 is 0 Å². The minimum Gasteiger partial charge on any atom is -0.393 e. The van der Waals surface area contributed by atoms with Crippen LogP contribution in [0.25, 0.3) is 0 Å². The smallest absolute Gasteiger partial charge is 0.151 e. The second kappa shape index (κ2) is 7.45. The summed E-state index contributed by atoms with van der Waals surface area (Å²) in [5.41, 5.74) is 6.50. The van der Waals surface area contributed by atoms with Crippen LogP contribution in [-0.2, 0) is 9.84 Å². The van der Waals surface area contributed by atoms with E-state index in [0.717, 1.165) is 5.69 Å². The molecule has 0 aromatic heterocycles. The quantitative estimate of drug-likeness (QED) is 0.739. The highest BCUT2D eigenvalue weighted by Gasteiger charge is 2.12. The molecule has 6 heteroatoms. The van der Waals surface area contributed by atoms with Crippen molar-refractivity contribution in [2.45, 2.75) is 13.3 Å². The van der Waals surface area contributed by atoms with Gasteiger partial charge in [-0.3, -0.25) is 0 Å². The normalized spacial score (nSPS) is 11.2. The van der Waals surface area contributed by atoms with Gasteiger partial charge in [-0.25, -0.2) is 8.42 Å². The van der Waals surface area contributed by atoms with E-state index < -0.39 is 9.84 Å². The Balaban J connectivity index is 2.73. The average Bonchev–Trinajstić information content (AvgIpc) is 2.39. The van der Waals surface area contributed by atoms with Crippen molar-refractivity contribution in [3.63, 3.8) is 0 Å². The summed E-state index contributed by atoms with van der Waals surface area (Å²) in [7, 11) is -2.97. The summed E-state index contributed by atoms with van der Waals surface area (Å²) < 4.78 is 23.2. The minimum absolute atomic E-state index is 0.149. The van der Waals surface area contributed by atoms with Crippen LogP contribution in [0.1, 0.15) is 13.3 Å². The monoisotopic (exact) mass is 300 g/mol. The van der Waals surface area contributed by atoms with E-state index in [2.05, 4.69) is 0 Å². The van der Waals surface area contributed by atoms with Gasteiger partial charge >= 0.3 is 0 Å². The Morgan fingerprint density at radius 2 is 1.89 bits per heavy atom. The number of thiocarbonyl (C=S) groups is 1. The van der Waals surface area contributed by atoms with Crippen LogP contribution in [0.5, 0.6) is 0 Å². The fraction of sp³-hybridized carbons (Fsp3) is 0.462. The van der Waals surface area contributed by atoms with E-state index in [4.69, 9.17) is 18.0 Å². The molecule has 0 aliphatic rings. The molecule has 4 nitrogen and oxygen atoms in total. The third-order valence-corrected chi connectivity index (χ3v) is 4.75. The molecule has 1 rings (SSSR count). The van der Waals surface area contributed by atoms with Gasteiger partial charge in [0.25, 0.3) is 0 Å². The van der Waals surface area contributed by atoms with Crippen molar-refractivity contribution in [3.05, 3.63) is 30.3 Å². The van der Waals surface area contributed by atoms with Gasteiger partial charge in [-0.2, -0.15) is 0 Å². The van der Waals surface area contributed by atoms with Gasteiger partial charge in [0.05, 0.1) is 10.7 Å². The van der Waals surface area contributed by atoms with Crippen LogP contribution in [0.3, 0.4) is 0 Å². The van der Waals surface area contributed by atoms with E-state index in [1.807, 2.05) is 35.2 Å². The molecule has 0 saturated carbocycles. The fourth-order valence-electron chi connectivity index (χ4n) is 1.65. The Labute approximate surface area is 120 Å². The predicted molar refractivity (Wildman–Crippen MR) is 84.4 cm³/mol. The van der Waals surface area contributed by atoms with Gasteiger partial charge in [0.2, 0.25) is 0 Å². The lowest BCUT2D eigenvalue weighted by Gasteiger charge is -2.24. The van der Waals surface area contributed by atoms with Crippen molar-refractivity contribution >= 4 is 32.7 Å². The molecule has 0 bridgehead atoms. The van der Waals surface area contributed by atoms with Crippen LogP contribution in [0, 0.1) is 0 Å². The van der Waals surface area contributed by atoms with E-state index in [1.54, 1.807) is 6.92 Å². The number of hydrogen-bond acceptors (Lipinski definition) is 4. The van der Waals surface area contributed by atoms with Gasteiger partial charge < -0.3 is 10.6 Å². The molecule has 0 aliphatic heterocycles. The van der Waals surface area contributed by atoms with Gasteiger partial charge in [-0.05, 0) is 12.1 Å². The summed E-state index contributed by atoms with van der Waals surface area (Å²) >= 11 is 4.88. The largest absolute Gasteiger partial charge is 0.393 e. The molecule has 0 heterocycles. The number of benzene rings is 1. The first-order valence-corrected chi connectivity index (χ1v) is 8.46. The lowest BCUT2D eigenvalue weighted by atomic mass is 10.2. The number of nitrogens with zero attached hydrogens (tertiary/aromatic N) is 1. The molecule has 0 aliphatic carbocycles. The van der Waals surface area contributed by atoms with Crippen LogP contribution < -0.4 is 10.6 Å². The number of hydrogen-bond donors (Lipinski definition) is 1. The molecule has 106 valence electrons. The molecule has 2 N–H and O–H groups in total. The van der Waals surface area contributed by atoms with Crippen molar-refractivity contribution in [2.75, 3.05) is 29.5 Å². The van der Waals surface area contributed by atoms with Crippen molar-refractivity contribution < 1.29 is 8.42 Å². The summed E-state index contributed by atoms with van der Waals surface area (Å²) in [6, 6.07) is 9.70. The molecular formula is C13H20N2O2S2. The molecule has 1 aromatic rings. The molecule has 0 unspecified atom stereocenters. The van der Waals surface area contributed by atoms with Gasteiger partial charge in [-0.15, -0.1) is 0 Å². The first-order chi connectivity index (χ1) is 8.94. The minimum atomic E-state index is -2.97. The predicted octanol–water partition coefficient (Wildman–Crippen LogP) is 1.60. The Kier molecular flexibility index (Phi) is 6.24. The maximum atomic E-state index is 11.6. The first-order valence-electron chi connectivity index (χ1n) is 6.23. The van der Waals surface area contributed by atoms with E-state index in [1.165, 1.54) is 0 Å². The molecule has 0 amide bonds. The average molecular weight is 300 g/mol. The maximum absolute atomic E-state index is 11.6. The fourth-order valence-corrected chi connectivity index (χ4v) is 2.53. The zero-order chi connectivity index (χ0) is 14.3. The summed E-state index contributed by atoms with van der Waals surface area (Å²) in [6.45, 7) is 2.76. The number of sulfone groups is 1. The van der Waals surface area contributed by atoms with Crippen LogP contribution in [0.2, 0.25) is 0 Å². The second-order valence-corrected chi connectivity index (χ2v) is 7.27. The summed E-state index contributed by atoms with van der Waals surface area (Å²) in [4.78, 5) is 2.45. The number of anilines is 1. The summed E-state index contributed by atoms with van der Waals surface area (Å²) in [5, 5.41) is 0. The zero-order valence-electron chi connectivity index (χ0n) is 11.1.